The quantitative estimate of drug-likeness (QED) is 0.597. The Labute approximate surface area is 157 Å². The lowest BCUT2D eigenvalue weighted by atomic mass is 10.1. The molecular weight excluding hydrogens is 344 g/mol. The van der Waals surface area contributed by atoms with Crippen LogP contribution in [-0.4, -0.2) is 23.6 Å². The Morgan fingerprint density at radius 1 is 1.22 bits per heavy atom. The highest BCUT2D eigenvalue weighted by atomic mass is 16.5. The average molecular weight is 364 g/mol. The maximum atomic E-state index is 12.5. The number of amides is 1. The number of benzene rings is 2. The monoisotopic (exact) mass is 364 g/mol. The molecule has 0 aromatic heterocycles. The number of nitrogens with one attached hydrogen (secondary N) is 1. The van der Waals surface area contributed by atoms with E-state index in [0.29, 0.717) is 23.6 Å². The number of carbonyl (C=O) groups is 2. The van der Waals surface area contributed by atoms with E-state index in [-0.39, 0.29) is 11.1 Å². The van der Waals surface area contributed by atoms with Crippen molar-refractivity contribution in [2.24, 2.45) is 0 Å². The van der Waals surface area contributed by atoms with Gasteiger partial charge in [0.1, 0.15) is 17.4 Å². The lowest BCUT2D eigenvalue weighted by molar-refractivity contribution is -0.112. The minimum absolute atomic E-state index is 0.0388. The van der Waals surface area contributed by atoms with Crippen molar-refractivity contribution in [2.75, 3.05) is 11.9 Å². The minimum atomic E-state index is -1.11. The Morgan fingerprint density at radius 3 is 2.59 bits per heavy atom. The molecule has 0 aliphatic heterocycles. The van der Waals surface area contributed by atoms with E-state index in [1.54, 1.807) is 6.92 Å². The second-order valence-corrected chi connectivity index (χ2v) is 5.93. The fourth-order valence-electron chi connectivity index (χ4n) is 2.45. The van der Waals surface area contributed by atoms with Crippen molar-refractivity contribution in [3.8, 4) is 11.8 Å². The van der Waals surface area contributed by atoms with Crippen LogP contribution in [0.1, 0.15) is 34.0 Å². The van der Waals surface area contributed by atoms with E-state index in [2.05, 4.69) is 5.32 Å². The molecule has 0 saturated carbocycles. The molecule has 0 radical (unpaired) electrons. The smallest absolute Gasteiger partial charge is 0.335 e. The fourth-order valence-corrected chi connectivity index (χ4v) is 2.45. The zero-order valence-electron chi connectivity index (χ0n) is 15.4. The van der Waals surface area contributed by atoms with Crippen LogP contribution < -0.4 is 10.1 Å². The molecule has 2 N–H and O–H groups in total. The number of rotatable bonds is 6. The van der Waals surface area contributed by atoms with Crippen molar-refractivity contribution in [2.45, 2.75) is 20.8 Å². The average Bonchev–Trinajstić information content (AvgIpc) is 2.63. The maximum absolute atomic E-state index is 12.5. The summed E-state index contributed by atoms with van der Waals surface area (Å²) in [5, 5.41) is 21.3. The van der Waals surface area contributed by atoms with Crippen molar-refractivity contribution in [1.82, 2.24) is 0 Å². The van der Waals surface area contributed by atoms with E-state index < -0.39 is 11.9 Å². The summed E-state index contributed by atoms with van der Waals surface area (Å²) in [7, 11) is 0. The summed E-state index contributed by atoms with van der Waals surface area (Å²) in [6.07, 6.45) is 1.33. The van der Waals surface area contributed by atoms with Crippen LogP contribution >= 0.6 is 0 Å². The summed E-state index contributed by atoms with van der Waals surface area (Å²) in [6.45, 7) is 5.91. The van der Waals surface area contributed by atoms with E-state index in [4.69, 9.17) is 4.74 Å². The molecule has 0 aliphatic rings. The van der Waals surface area contributed by atoms with Crippen molar-refractivity contribution in [1.29, 1.82) is 5.26 Å². The number of nitrogens with zero attached hydrogens (tertiary/aromatic N) is 1. The molecule has 0 heterocycles. The predicted octanol–water partition coefficient (Wildman–Crippen LogP) is 3.95. The normalized spacial score (nSPS) is 10.8. The molecule has 2 rings (SSSR count). The number of carboxylic acids is 1. The molecular formula is C21H20N2O4. The Morgan fingerprint density at radius 2 is 1.96 bits per heavy atom. The number of carbonyl (C=O) groups excluding carboxylic acids is 1. The molecule has 27 heavy (non-hydrogen) atoms. The maximum Gasteiger partial charge on any atom is 0.335 e. The molecule has 0 bridgehead atoms. The molecule has 6 heteroatoms. The van der Waals surface area contributed by atoms with Gasteiger partial charge in [-0.15, -0.1) is 0 Å². The Kier molecular flexibility index (Phi) is 6.34. The van der Waals surface area contributed by atoms with Gasteiger partial charge in [0.05, 0.1) is 12.2 Å². The summed E-state index contributed by atoms with van der Waals surface area (Å²) in [4.78, 5) is 23.8. The lowest BCUT2D eigenvalue weighted by Crippen LogP contribution is -2.14. The van der Waals surface area contributed by atoms with E-state index >= 15 is 0 Å². The van der Waals surface area contributed by atoms with Gasteiger partial charge in [-0.05, 0) is 62.2 Å². The summed E-state index contributed by atoms with van der Waals surface area (Å²) in [6, 6.07) is 11.8. The van der Waals surface area contributed by atoms with Gasteiger partial charge < -0.3 is 15.2 Å². The van der Waals surface area contributed by atoms with E-state index in [1.807, 2.05) is 38.1 Å². The standard InChI is InChI=1S/C21H20N2O4/c1-4-27-19-8-7-15(21(25)26)10-16(19)11-17(12-22)20(24)23-18-9-13(2)5-6-14(18)3/h5-11H,4H2,1-3H3,(H,23,24)(H,25,26)/b17-11+. The number of anilines is 1. The van der Waals surface area contributed by atoms with Gasteiger partial charge >= 0.3 is 5.97 Å². The fraction of sp³-hybridized carbons (Fsp3) is 0.190. The summed E-state index contributed by atoms with van der Waals surface area (Å²) in [5.41, 5.74) is 2.70. The first kappa shape index (κ1) is 19.7. The number of ether oxygens (including phenoxy) is 1. The second-order valence-electron chi connectivity index (χ2n) is 5.93. The molecule has 0 unspecified atom stereocenters. The number of carboxylic acid groups (broad SMARTS) is 1. The molecule has 0 spiro atoms. The van der Waals surface area contributed by atoms with Gasteiger partial charge in [0, 0.05) is 11.3 Å². The van der Waals surface area contributed by atoms with E-state index in [1.165, 1.54) is 24.3 Å². The molecule has 0 aliphatic carbocycles. The van der Waals surface area contributed by atoms with Crippen LogP contribution in [0.4, 0.5) is 5.69 Å². The summed E-state index contributed by atoms with van der Waals surface area (Å²) < 4.78 is 5.47. The number of nitriles is 1. The molecule has 0 fully saturated rings. The number of aryl methyl sites for hydroxylation is 2. The van der Waals surface area contributed by atoms with Crippen LogP contribution in [0.2, 0.25) is 0 Å². The van der Waals surface area contributed by atoms with Gasteiger partial charge in [0.25, 0.3) is 5.91 Å². The molecule has 6 nitrogen and oxygen atoms in total. The Bertz CT molecular complexity index is 955. The zero-order valence-corrected chi connectivity index (χ0v) is 15.4. The predicted molar refractivity (Wildman–Crippen MR) is 103 cm³/mol. The molecule has 2 aromatic rings. The van der Waals surface area contributed by atoms with Crippen LogP contribution in [0, 0.1) is 25.2 Å². The van der Waals surface area contributed by atoms with Gasteiger partial charge in [0.2, 0.25) is 0 Å². The second kappa shape index (κ2) is 8.68. The van der Waals surface area contributed by atoms with Crippen molar-refractivity contribution >= 4 is 23.6 Å². The van der Waals surface area contributed by atoms with Crippen LogP contribution in [0.25, 0.3) is 6.08 Å². The van der Waals surface area contributed by atoms with Gasteiger partial charge in [-0.2, -0.15) is 5.26 Å². The van der Waals surface area contributed by atoms with Gasteiger partial charge in [-0.3, -0.25) is 4.79 Å². The third kappa shape index (κ3) is 4.95. The molecule has 2 aromatic carbocycles. The Balaban J connectivity index is 2.41. The molecule has 0 atom stereocenters. The first-order valence-corrected chi connectivity index (χ1v) is 8.36. The third-order valence-corrected chi connectivity index (χ3v) is 3.86. The zero-order chi connectivity index (χ0) is 20.0. The number of hydrogen-bond acceptors (Lipinski definition) is 4. The van der Waals surface area contributed by atoms with Gasteiger partial charge in [-0.1, -0.05) is 12.1 Å². The molecule has 1 amide bonds. The highest BCUT2D eigenvalue weighted by molar-refractivity contribution is 6.10. The first-order chi connectivity index (χ1) is 12.8. The van der Waals surface area contributed by atoms with Crippen molar-refractivity contribution < 1.29 is 19.4 Å². The topological polar surface area (TPSA) is 99.4 Å². The van der Waals surface area contributed by atoms with E-state index in [0.717, 1.165) is 11.1 Å². The highest BCUT2D eigenvalue weighted by Gasteiger charge is 2.14. The van der Waals surface area contributed by atoms with Crippen LogP contribution in [0.5, 0.6) is 5.75 Å². The third-order valence-electron chi connectivity index (χ3n) is 3.86. The summed E-state index contributed by atoms with van der Waals surface area (Å²) >= 11 is 0. The van der Waals surface area contributed by atoms with Gasteiger partial charge in [0.15, 0.2) is 0 Å². The SMILES string of the molecule is CCOc1ccc(C(=O)O)cc1/C=C(\C#N)C(=O)Nc1cc(C)ccc1C. The first-order valence-electron chi connectivity index (χ1n) is 8.36. The largest absolute Gasteiger partial charge is 0.493 e. The van der Waals surface area contributed by atoms with Crippen molar-refractivity contribution in [3.05, 3.63) is 64.2 Å². The van der Waals surface area contributed by atoms with Crippen LogP contribution in [-0.2, 0) is 4.79 Å². The molecule has 0 saturated heterocycles. The van der Waals surface area contributed by atoms with Crippen LogP contribution in [0.3, 0.4) is 0 Å². The summed E-state index contributed by atoms with van der Waals surface area (Å²) in [5.74, 6) is -1.28. The van der Waals surface area contributed by atoms with Crippen LogP contribution in [0.15, 0.2) is 42.0 Å². The molecule has 138 valence electrons. The van der Waals surface area contributed by atoms with E-state index in [9.17, 15) is 20.0 Å². The number of hydrogen-bond donors (Lipinski definition) is 2. The minimum Gasteiger partial charge on any atom is -0.493 e. The van der Waals surface area contributed by atoms with Gasteiger partial charge in [-0.25, -0.2) is 4.79 Å². The number of aromatic carboxylic acids is 1. The highest BCUT2D eigenvalue weighted by Crippen LogP contribution is 2.24. The van der Waals surface area contributed by atoms with Crippen molar-refractivity contribution in [3.63, 3.8) is 0 Å². The Hall–Kier alpha value is -3.59. The lowest BCUT2D eigenvalue weighted by Gasteiger charge is -2.10.